The van der Waals surface area contributed by atoms with Crippen LogP contribution in [0, 0.1) is 0 Å². The Morgan fingerprint density at radius 2 is 2.06 bits per heavy atom. The standard InChI is InChI=1S/C26H28ClN3O2S/c1-6-10-30-21-14-22(32-5)17(11-20(21)16(2)15-26(30,3)4)12-23-24(31)29-25(33-23)28-19-9-7-8-18(27)13-19/h7-9,11-15H,6,10H2,1-5H3,(H,28,29,31)/b23-12+. The topological polar surface area (TPSA) is 53.9 Å². The van der Waals surface area contributed by atoms with Crippen LogP contribution in [0.3, 0.4) is 0 Å². The molecule has 0 aliphatic carbocycles. The number of hydrogen-bond donors (Lipinski definition) is 1. The molecular weight excluding hydrogens is 454 g/mol. The van der Waals surface area contributed by atoms with E-state index < -0.39 is 0 Å². The summed E-state index contributed by atoms with van der Waals surface area (Å²) in [6.07, 6.45) is 5.23. The number of nitrogens with zero attached hydrogens (tertiary/aromatic N) is 2. The largest absolute Gasteiger partial charge is 0.496 e. The fourth-order valence-corrected chi connectivity index (χ4v) is 5.34. The third kappa shape index (κ3) is 4.82. The smallest absolute Gasteiger partial charge is 0.264 e. The summed E-state index contributed by atoms with van der Waals surface area (Å²) in [5.41, 5.74) is 5.01. The van der Waals surface area contributed by atoms with Crippen LogP contribution in [-0.4, -0.2) is 30.3 Å². The molecule has 33 heavy (non-hydrogen) atoms. The van der Waals surface area contributed by atoms with Gasteiger partial charge in [0.15, 0.2) is 5.17 Å². The van der Waals surface area contributed by atoms with Gasteiger partial charge in [-0.25, -0.2) is 4.99 Å². The first-order valence-electron chi connectivity index (χ1n) is 11.0. The number of thioether (sulfide) groups is 1. The van der Waals surface area contributed by atoms with Crippen molar-refractivity contribution in [2.45, 2.75) is 39.7 Å². The van der Waals surface area contributed by atoms with E-state index >= 15 is 0 Å². The number of methoxy groups -OCH3 is 1. The Labute approximate surface area is 204 Å². The van der Waals surface area contributed by atoms with Crippen molar-refractivity contribution in [3.05, 3.63) is 63.5 Å². The molecule has 2 aromatic rings. The summed E-state index contributed by atoms with van der Waals surface area (Å²) in [4.78, 5) is 20.1. The van der Waals surface area contributed by atoms with Crippen molar-refractivity contribution in [1.29, 1.82) is 0 Å². The lowest BCUT2D eigenvalue weighted by molar-refractivity contribution is -0.115. The van der Waals surface area contributed by atoms with Crippen LogP contribution in [0.1, 0.15) is 45.2 Å². The second-order valence-electron chi connectivity index (χ2n) is 8.71. The van der Waals surface area contributed by atoms with E-state index in [2.05, 4.69) is 61.1 Å². The molecule has 5 nitrogen and oxygen atoms in total. The van der Waals surface area contributed by atoms with E-state index in [1.54, 1.807) is 19.2 Å². The van der Waals surface area contributed by atoms with Gasteiger partial charge in [0.2, 0.25) is 0 Å². The van der Waals surface area contributed by atoms with E-state index in [1.165, 1.54) is 17.3 Å². The number of fused-ring (bicyclic) bond motifs is 1. The Morgan fingerprint density at radius 1 is 1.27 bits per heavy atom. The van der Waals surface area contributed by atoms with Crippen molar-refractivity contribution in [2.75, 3.05) is 18.6 Å². The number of amidine groups is 1. The van der Waals surface area contributed by atoms with Crippen LogP contribution in [0.4, 0.5) is 11.4 Å². The van der Waals surface area contributed by atoms with Gasteiger partial charge in [-0.3, -0.25) is 4.79 Å². The Hall–Kier alpha value is -2.70. The first-order chi connectivity index (χ1) is 15.7. The number of carbonyl (C=O) groups is 1. The van der Waals surface area contributed by atoms with Crippen molar-refractivity contribution in [3.8, 4) is 5.75 Å². The molecule has 1 fully saturated rings. The summed E-state index contributed by atoms with van der Waals surface area (Å²) in [6, 6.07) is 11.4. The Bertz CT molecular complexity index is 1200. The molecule has 2 aliphatic heterocycles. The minimum absolute atomic E-state index is 0.0784. The fourth-order valence-electron chi connectivity index (χ4n) is 4.33. The Morgan fingerprint density at radius 3 is 2.76 bits per heavy atom. The second kappa shape index (κ2) is 9.27. The molecule has 4 rings (SSSR count). The molecule has 2 aromatic carbocycles. The summed E-state index contributed by atoms with van der Waals surface area (Å²) in [5.74, 6) is 0.558. The molecule has 7 heteroatoms. The summed E-state index contributed by atoms with van der Waals surface area (Å²) >= 11 is 7.36. The maximum absolute atomic E-state index is 12.7. The predicted octanol–water partition coefficient (Wildman–Crippen LogP) is 6.65. The summed E-state index contributed by atoms with van der Waals surface area (Å²) in [7, 11) is 1.67. The third-order valence-electron chi connectivity index (χ3n) is 5.75. The number of rotatable bonds is 5. The molecule has 0 spiro atoms. The molecule has 0 bridgehead atoms. The average molecular weight is 482 g/mol. The number of amides is 1. The van der Waals surface area contributed by atoms with Gasteiger partial charge in [0, 0.05) is 34.4 Å². The van der Waals surface area contributed by atoms with Gasteiger partial charge >= 0.3 is 0 Å². The molecule has 0 aromatic heterocycles. The summed E-state index contributed by atoms with van der Waals surface area (Å²) < 4.78 is 5.75. The van der Waals surface area contributed by atoms with E-state index in [1.807, 2.05) is 18.2 Å². The highest BCUT2D eigenvalue weighted by molar-refractivity contribution is 8.18. The van der Waals surface area contributed by atoms with E-state index in [9.17, 15) is 4.79 Å². The quantitative estimate of drug-likeness (QED) is 0.485. The van der Waals surface area contributed by atoms with Crippen LogP contribution in [0.2, 0.25) is 5.02 Å². The van der Waals surface area contributed by atoms with Crippen molar-refractivity contribution in [3.63, 3.8) is 0 Å². The normalized spacial score (nSPS) is 19.5. The first kappa shape index (κ1) is 23.5. The predicted molar refractivity (Wildman–Crippen MR) is 141 cm³/mol. The minimum Gasteiger partial charge on any atom is -0.496 e. The second-order valence-corrected chi connectivity index (χ2v) is 10.2. The number of hydrogen-bond acceptors (Lipinski definition) is 5. The highest BCUT2D eigenvalue weighted by Crippen LogP contribution is 2.43. The van der Waals surface area contributed by atoms with E-state index in [-0.39, 0.29) is 11.4 Å². The lowest BCUT2D eigenvalue weighted by atomic mass is 9.87. The van der Waals surface area contributed by atoms with Gasteiger partial charge in [0.1, 0.15) is 5.75 Å². The third-order valence-corrected chi connectivity index (χ3v) is 6.90. The van der Waals surface area contributed by atoms with Crippen molar-refractivity contribution < 1.29 is 9.53 Å². The molecule has 0 atom stereocenters. The van der Waals surface area contributed by atoms with E-state index in [0.717, 1.165) is 35.5 Å². The van der Waals surface area contributed by atoms with Crippen LogP contribution in [0.5, 0.6) is 5.75 Å². The van der Waals surface area contributed by atoms with Gasteiger partial charge in [-0.15, -0.1) is 0 Å². The molecule has 1 N–H and O–H groups in total. The minimum atomic E-state index is -0.179. The van der Waals surface area contributed by atoms with Gasteiger partial charge in [-0.1, -0.05) is 30.7 Å². The zero-order valence-electron chi connectivity index (χ0n) is 19.5. The van der Waals surface area contributed by atoms with E-state index in [4.69, 9.17) is 16.3 Å². The number of ether oxygens (including phenoxy) is 1. The zero-order chi connectivity index (χ0) is 23.8. The van der Waals surface area contributed by atoms with Gasteiger partial charge < -0.3 is 15.0 Å². The van der Waals surface area contributed by atoms with Gasteiger partial charge in [-0.2, -0.15) is 0 Å². The van der Waals surface area contributed by atoms with Crippen LogP contribution in [-0.2, 0) is 4.79 Å². The molecule has 172 valence electrons. The van der Waals surface area contributed by atoms with Crippen molar-refractivity contribution in [2.24, 2.45) is 4.99 Å². The number of benzene rings is 2. The Kier molecular flexibility index (Phi) is 6.59. The highest BCUT2D eigenvalue weighted by Gasteiger charge is 2.32. The van der Waals surface area contributed by atoms with Crippen LogP contribution in [0.15, 0.2) is 52.4 Å². The number of allylic oxidation sites excluding steroid dienone is 1. The molecular formula is C26H28ClN3O2S. The van der Waals surface area contributed by atoms with Gasteiger partial charge in [0.05, 0.1) is 23.2 Å². The average Bonchev–Trinajstić information content (AvgIpc) is 3.09. The van der Waals surface area contributed by atoms with Crippen LogP contribution >= 0.6 is 23.4 Å². The van der Waals surface area contributed by atoms with Crippen LogP contribution < -0.4 is 15.0 Å². The monoisotopic (exact) mass is 481 g/mol. The number of anilines is 1. The van der Waals surface area contributed by atoms with Crippen molar-refractivity contribution in [1.82, 2.24) is 5.32 Å². The van der Waals surface area contributed by atoms with E-state index in [0.29, 0.717) is 20.8 Å². The van der Waals surface area contributed by atoms with Crippen LogP contribution in [0.25, 0.3) is 11.6 Å². The molecule has 2 aliphatic rings. The number of aliphatic imine (C=N–C) groups is 1. The molecule has 0 radical (unpaired) electrons. The molecule has 0 saturated carbocycles. The van der Waals surface area contributed by atoms with Crippen molar-refractivity contribution >= 4 is 57.5 Å². The molecule has 0 unspecified atom stereocenters. The highest BCUT2D eigenvalue weighted by atomic mass is 35.5. The maximum atomic E-state index is 12.7. The lowest BCUT2D eigenvalue weighted by Gasteiger charge is -2.43. The summed E-state index contributed by atoms with van der Waals surface area (Å²) in [6.45, 7) is 9.75. The number of carbonyl (C=O) groups excluding carboxylic acids is 1. The molecule has 1 saturated heterocycles. The lowest BCUT2D eigenvalue weighted by Crippen LogP contribution is -2.45. The number of halogens is 1. The SMILES string of the molecule is CCCN1c2cc(OC)c(/C=C3/SC(=Nc4cccc(Cl)c4)NC3=O)cc2C(C)=CC1(C)C. The maximum Gasteiger partial charge on any atom is 0.264 e. The first-order valence-corrected chi connectivity index (χ1v) is 12.2. The fraction of sp³-hybridized carbons (Fsp3) is 0.308. The summed E-state index contributed by atoms with van der Waals surface area (Å²) in [5, 5.41) is 3.96. The Balaban J connectivity index is 1.71. The molecule has 1 amide bonds. The zero-order valence-corrected chi connectivity index (χ0v) is 21.1. The van der Waals surface area contributed by atoms with Gasteiger partial charge in [-0.05, 0) is 74.9 Å². The van der Waals surface area contributed by atoms with Gasteiger partial charge in [0.25, 0.3) is 5.91 Å². The number of nitrogens with one attached hydrogen (secondary N) is 1. The molecule has 2 heterocycles.